The normalized spacial score (nSPS) is 24.9. The van der Waals surface area contributed by atoms with Crippen molar-refractivity contribution in [3.8, 4) is 11.3 Å². The average Bonchev–Trinajstić information content (AvgIpc) is 2.95. The lowest BCUT2D eigenvalue weighted by Crippen LogP contribution is -2.67. The van der Waals surface area contributed by atoms with Crippen LogP contribution in [0.1, 0.15) is 35.6 Å². The smallest absolute Gasteiger partial charge is 0.382 e. The van der Waals surface area contributed by atoms with Crippen LogP contribution in [0.2, 0.25) is 0 Å². The molecule has 41 heavy (non-hydrogen) atoms. The largest absolute Gasteiger partial charge is 0.416 e. The number of nitrogens with zero attached hydrogens (tertiary/aromatic N) is 2. The number of aromatic nitrogens is 1. The van der Waals surface area contributed by atoms with E-state index in [2.05, 4.69) is 56.6 Å². The van der Waals surface area contributed by atoms with Gasteiger partial charge in [-0.05, 0) is 53.9 Å². The summed E-state index contributed by atoms with van der Waals surface area (Å²) < 4.78 is 42.4. The predicted molar refractivity (Wildman–Crippen MR) is 163 cm³/mol. The first kappa shape index (κ1) is 28.6. The summed E-state index contributed by atoms with van der Waals surface area (Å²) in [5, 5.41) is 13.1. The van der Waals surface area contributed by atoms with Crippen LogP contribution >= 0.6 is 31.9 Å². The topological polar surface area (TPSA) is 33.1 Å². The molecule has 8 heteroatoms. The van der Waals surface area contributed by atoms with Crippen molar-refractivity contribution in [2.24, 2.45) is 11.8 Å². The summed E-state index contributed by atoms with van der Waals surface area (Å²) in [5.74, 6) is 0.851. The summed E-state index contributed by atoms with van der Waals surface area (Å²) in [6.07, 6.45) is -1.14. The Morgan fingerprint density at radius 2 is 1.73 bits per heavy atom. The van der Waals surface area contributed by atoms with E-state index in [1.54, 1.807) is 0 Å². The fourth-order valence-electron chi connectivity index (χ4n) is 7.08. The number of benzene rings is 3. The van der Waals surface area contributed by atoms with Gasteiger partial charge < -0.3 is 9.59 Å². The number of hydrogen-bond acceptors (Lipinski definition) is 2. The van der Waals surface area contributed by atoms with Crippen molar-refractivity contribution in [1.29, 1.82) is 0 Å². The number of para-hydroxylation sites is 1. The highest BCUT2D eigenvalue weighted by Gasteiger charge is 2.54. The Hall–Kier alpha value is -2.52. The number of quaternary nitrogens is 1. The first-order valence-electron chi connectivity index (χ1n) is 13.7. The average molecular weight is 687 g/mol. The highest BCUT2D eigenvalue weighted by atomic mass is 79.9. The number of hydrogen-bond donors (Lipinski definition) is 1. The van der Waals surface area contributed by atoms with Crippen molar-refractivity contribution in [3.63, 3.8) is 0 Å². The van der Waals surface area contributed by atoms with Gasteiger partial charge in [-0.2, -0.15) is 13.2 Å². The minimum absolute atomic E-state index is 0.0473. The Kier molecular flexibility index (Phi) is 7.64. The number of alkyl halides is 3. The molecule has 0 aliphatic carbocycles. The van der Waals surface area contributed by atoms with Crippen LogP contribution in [0, 0.1) is 11.8 Å². The molecular formula is C33H30Br2F3N2O+. The van der Waals surface area contributed by atoms with E-state index in [0.717, 1.165) is 69.0 Å². The predicted octanol–water partition coefficient (Wildman–Crippen LogP) is 9.09. The molecule has 4 unspecified atom stereocenters. The van der Waals surface area contributed by atoms with Gasteiger partial charge >= 0.3 is 6.18 Å². The third-order valence-corrected chi connectivity index (χ3v) is 9.95. The summed E-state index contributed by atoms with van der Waals surface area (Å²) in [4.78, 5) is 4.78. The number of aliphatic hydroxyl groups is 1. The standard InChI is InChI=1S/C33H30Br2F3N2O/c1-2-21-19-40(18-20-13-25(34)16-26(35)14-20)12-11-23(21)15-31(40)32(41)28-17-30(39-29-6-4-3-5-27(28)29)22-7-9-24(10-8-22)33(36,37)38/h2-10,13-14,16-17,21,23,31-32,41H,1,11-12,15,18-19H2/q+1/t21?,23?,31?,32-,40?/m0/s1. The van der Waals surface area contributed by atoms with Gasteiger partial charge in [-0.1, -0.05) is 68.3 Å². The summed E-state index contributed by atoms with van der Waals surface area (Å²) >= 11 is 7.27. The van der Waals surface area contributed by atoms with Crippen LogP contribution < -0.4 is 0 Å². The number of rotatable bonds is 6. The molecule has 212 valence electrons. The van der Waals surface area contributed by atoms with Crippen LogP contribution in [0.3, 0.4) is 0 Å². The SMILES string of the molecule is C=CC1C[N+]2(Cc3cc(Br)cc(Br)c3)CCC1CC2[C@@H](O)c1cc(-c2ccc(C(F)(F)F)cc2)nc2ccccc12. The second kappa shape index (κ2) is 11.0. The number of piperidine rings is 3. The maximum Gasteiger partial charge on any atom is 0.416 e. The summed E-state index contributed by atoms with van der Waals surface area (Å²) in [6, 6.07) is 20.9. The molecule has 1 aromatic heterocycles. The molecule has 0 spiro atoms. The van der Waals surface area contributed by atoms with E-state index in [4.69, 9.17) is 4.98 Å². The van der Waals surface area contributed by atoms with Gasteiger partial charge in [0.25, 0.3) is 0 Å². The van der Waals surface area contributed by atoms with Crippen LogP contribution in [0.15, 0.2) is 94.4 Å². The summed E-state index contributed by atoms with van der Waals surface area (Å²) in [5.41, 5.74) is 3.10. The molecule has 3 aliphatic heterocycles. The molecular weight excluding hydrogens is 657 g/mol. The molecule has 4 aromatic rings. The Morgan fingerprint density at radius 3 is 2.41 bits per heavy atom. The quantitative estimate of drug-likeness (QED) is 0.162. The number of halogens is 5. The van der Waals surface area contributed by atoms with Gasteiger partial charge in [0, 0.05) is 44.2 Å². The zero-order valence-corrected chi connectivity index (χ0v) is 25.5. The molecule has 5 atom stereocenters. The highest BCUT2D eigenvalue weighted by molar-refractivity contribution is 9.11. The van der Waals surface area contributed by atoms with Gasteiger partial charge in [0.15, 0.2) is 0 Å². The summed E-state index contributed by atoms with van der Waals surface area (Å²) in [7, 11) is 0. The van der Waals surface area contributed by atoms with Gasteiger partial charge in [0.1, 0.15) is 18.7 Å². The van der Waals surface area contributed by atoms with Crippen LogP contribution in [0.25, 0.3) is 22.2 Å². The van der Waals surface area contributed by atoms with Gasteiger partial charge in [-0.3, -0.25) is 0 Å². The Labute approximate surface area is 254 Å². The zero-order valence-electron chi connectivity index (χ0n) is 22.3. The molecule has 2 bridgehead atoms. The molecule has 3 aromatic carbocycles. The lowest BCUT2D eigenvalue weighted by atomic mass is 9.71. The number of fused-ring (bicyclic) bond motifs is 4. The van der Waals surface area contributed by atoms with Crippen molar-refractivity contribution in [1.82, 2.24) is 4.98 Å². The van der Waals surface area contributed by atoms with E-state index in [1.165, 1.54) is 17.7 Å². The van der Waals surface area contributed by atoms with E-state index in [9.17, 15) is 18.3 Å². The van der Waals surface area contributed by atoms with Gasteiger partial charge in [0.2, 0.25) is 0 Å². The number of aliphatic hydroxyl groups excluding tert-OH is 1. The first-order chi connectivity index (χ1) is 19.6. The molecule has 3 aliphatic rings. The summed E-state index contributed by atoms with van der Waals surface area (Å²) in [6.45, 7) is 6.80. The first-order valence-corrected chi connectivity index (χ1v) is 15.3. The van der Waals surface area contributed by atoms with Crippen molar-refractivity contribution in [3.05, 3.63) is 111 Å². The second-order valence-electron chi connectivity index (χ2n) is 11.4. The minimum Gasteiger partial charge on any atom is -0.382 e. The molecule has 3 saturated heterocycles. The Balaban J connectivity index is 1.43. The monoisotopic (exact) mass is 685 g/mol. The zero-order chi connectivity index (χ0) is 28.9. The van der Waals surface area contributed by atoms with Crippen molar-refractivity contribution < 1.29 is 22.8 Å². The molecule has 7 rings (SSSR count). The second-order valence-corrected chi connectivity index (χ2v) is 13.3. The van der Waals surface area contributed by atoms with Crippen molar-refractivity contribution in [2.45, 2.75) is 37.7 Å². The molecule has 3 fully saturated rings. The maximum atomic E-state index is 13.2. The lowest BCUT2D eigenvalue weighted by molar-refractivity contribution is -0.984. The van der Waals surface area contributed by atoms with Gasteiger partial charge in [-0.15, -0.1) is 6.58 Å². The minimum atomic E-state index is -4.41. The molecule has 1 N–H and O–H groups in total. The van der Waals surface area contributed by atoms with Crippen LogP contribution in [0.5, 0.6) is 0 Å². The highest BCUT2D eigenvalue weighted by Crippen LogP contribution is 2.48. The fourth-order valence-corrected chi connectivity index (χ4v) is 8.47. The third kappa shape index (κ3) is 5.52. The van der Waals surface area contributed by atoms with Crippen LogP contribution in [0.4, 0.5) is 13.2 Å². The lowest BCUT2D eigenvalue weighted by Gasteiger charge is -2.58. The Bertz CT molecular complexity index is 1590. The molecule has 4 heterocycles. The van der Waals surface area contributed by atoms with E-state index in [-0.39, 0.29) is 6.04 Å². The van der Waals surface area contributed by atoms with E-state index in [1.807, 2.05) is 36.4 Å². The van der Waals surface area contributed by atoms with Crippen LogP contribution in [-0.2, 0) is 12.7 Å². The van der Waals surface area contributed by atoms with Crippen LogP contribution in [-0.4, -0.2) is 33.7 Å². The molecule has 3 nitrogen and oxygen atoms in total. The fraction of sp³-hybridized carbons (Fsp3) is 0.303. The molecule has 0 radical (unpaired) electrons. The third-order valence-electron chi connectivity index (χ3n) is 9.03. The maximum absolute atomic E-state index is 13.2. The van der Waals surface area contributed by atoms with E-state index in [0.29, 0.717) is 28.6 Å². The van der Waals surface area contributed by atoms with Gasteiger partial charge in [0.05, 0.1) is 29.9 Å². The molecule has 0 amide bonds. The van der Waals surface area contributed by atoms with Crippen molar-refractivity contribution in [2.75, 3.05) is 13.1 Å². The van der Waals surface area contributed by atoms with E-state index >= 15 is 0 Å². The van der Waals surface area contributed by atoms with Crippen molar-refractivity contribution >= 4 is 42.8 Å². The number of pyridine rings is 1. The van der Waals surface area contributed by atoms with E-state index < -0.39 is 17.8 Å². The molecule has 0 saturated carbocycles. The Morgan fingerprint density at radius 1 is 1.02 bits per heavy atom. The van der Waals surface area contributed by atoms with Gasteiger partial charge in [-0.25, -0.2) is 4.98 Å².